The zero-order valence-electron chi connectivity index (χ0n) is 16.1. The molecule has 2 N–H and O–H groups in total. The Labute approximate surface area is 185 Å². The maximum Gasteiger partial charge on any atom is 0.471 e. The highest BCUT2D eigenvalue weighted by Gasteiger charge is 2.38. The summed E-state index contributed by atoms with van der Waals surface area (Å²) in [6.45, 7) is -0.233. The molecule has 3 aromatic carbocycles. The molecule has 13 heteroatoms. The Bertz CT molecular complexity index is 1430. The normalized spacial score (nSPS) is 11.7. The van der Waals surface area contributed by atoms with Crippen LogP contribution in [-0.4, -0.2) is 10.1 Å². The number of hydrogen-bond donors (Lipinski definition) is 2. The van der Waals surface area contributed by atoms with E-state index in [1.807, 2.05) is 0 Å². The molecular formula is C20H10ClF5N4O3. The summed E-state index contributed by atoms with van der Waals surface area (Å²) in [6.07, 6.45) is -4.84. The summed E-state index contributed by atoms with van der Waals surface area (Å²) in [5.74, 6) is -3.44. The first-order valence-electron chi connectivity index (χ1n) is 9.03. The highest BCUT2D eigenvalue weighted by atomic mass is 35.5. The lowest BCUT2D eigenvalue weighted by Gasteiger charge is -2.16. The highest BCUT2D eigenvalue weighted by Crippen LogP contribution is 2.30. The molecule has 4 rings (SSSR count). The average molecular weight is 485 g/mol. The van der Waals surface area contributed by atoms with Crippen molar-refractivity contribution in [2.45, 2.75) is 12.7 Å². The molecule has 7 nitrogen and oxygen atoms in total. The molecule has 170 valence electrons. The second-order valence-electron chi connectivity index (χ2n) is 6.74. The van der Waals surface area contributed by atoms with Crippen LogP contribution in [0.15, 0.2) is 50.5 Å². The minimum Gasteiger partial charge on any atom is -0.376 e. The van der Waals surface area contributed by atoms with E-state index in [9.17, 15) is 31.5 Å². The van der Waals surface area contributed by atoms with E-state index in [-0.39, 0.29) is 39.8 Å². The fraction of sp³-hybridized carbons (Fsp3) is 0.100. The lowest BCUT2D eigenvalue weighted by atomic mass is 10.1. The molecule has 0 aliphatic rings. The summed E-state index contributed by atoms with van der Waals surface area (Å²) in [7, 11) is 0. The molecule has 4 aromatic rings. The van der Waals surface area contributed by atoms with Crippen LogP contribution in [0.25, 0.3) is 11.4 Å². The molecule has 1 heterocycles. The molecule has 0 radical (unpaired) electrons. The van der Waals surface area contributed by atoms with Gasteiger partial charge >= 0.3 is 12.1 Å². The number of rotatable bonds is 6. The predicted octanol–water partition coefficient (Wildman–Crippen LogP) is 4.64. The van der Waals surface area contributed by atoms with E-state index >= 15 is 0 Å². The van der Waals surface area contributed by atoms with E-state index in [1.54, 1.807) is 0 Å². The van der Waals surface area contributed by atoms with E-state index in [2.05, 4.69) is 25.3 Å². The van der Waals surface area contributed by atoms with Crippen LogP contribution in [0.1, 0.15) is 11.5 Å². The first-order valence-corrected chi connectivity index (χ1v) is 9.41. The number of hydrogen-bond acceptors (Lipinski definition) is 7. The van der Waals surface area contributed by atoms with Crippen molar-refractivity contribution in [3.8, 4) is 11.4 Å². The monoisotopic (exact) mass is 484 g/mol. The van der Waals surface area contributed by atoms with Crippen LogP contribution in [0, 0.1) is 11.6 Å². The third kappa shape index (κ3) is 4.42. The van der Waals surface area contributed by atoms with Crippen LogP contribution in [0.4, 0.5) is 39.0 Å². The van der Waals surface area contributed by atoms with Crippen molar-refractivity contribution in [3.63, 3.8) is 0 Å². The van der Waals surface area contributed by atoms with Gasteiger partial charge in [0.05, 0.1) is 10.7 Å². The summed E-state index contributed by atoms with van der Waals surface area (Å²) in [6, 6.07) is 6.81. The zero-order chi connectivity index (χ0) is 23.9. The fourth-order valence-corrected chi connectivity index (χ4v) is 3.09. The lowest BCUT2D eigenvalue weighted by Crippen LogP contribution is -2.36. The molecule has 0 unspecified atom stereocenters. The largest absolute Gasteiger partial charge is 0.471 e. The van der Waals surface area contributed by atoms with Crippen molar-refractivity contribution in [2.75, 3.05) is 10.6 Å². The molecule has 0 bridgehead atoms. The van der Waals surface area contributed by atoms with Crippen LogP contribution < -0.4 is 21.5 Å². The van der Waals surface area contributed by atoms with Gasteiger partial charge in [0, 0.05) is 17.7 Å². The summed E-state index contributed by atoms with van der Waals surface area (Å²) in [5.41, 5.74) is -1.78. The summed E-state index contributed by atoms with van der Waals surface area (Å²) in [5, 5.41) is 8.43. The molecule has 0 aliphatic heterocycles. The van der Waals surface area contributed by atoms with Gasteiger partial charge in [0.2, 0.25) is 5.82 Å². The highest BCUT2D eigenvalue weighted by molar-refractivity contribution is 6.33. The number of aromatic nitrogens is 2. The Hall–Kier alpha value is -3.80. The fourth-order valence-electron chi connectivity index (χ4n) is 2.87. The number of alkyl halides is 3. The third-order valence-electron chi connectivity index (χ3n) is 4.54. The second kappa shape index (κ2) is 8.28. The Morgan fingerprint density at radius 1 is 1.00 bits per heavy atom. The van der Waals surface area contributed by atoms with Gasteiger partial charge in [-0.05, 0) is 24.3 Å². The van der Waals surface area contributed by atoms with Gasteiger partial charge in [0.1, 0.15) is 23.0 Å². The van der Waals surface area contributed by atoms with E-state index in [4.69, 9.17) is 11.6 Å². The maximum atomic E-state index is 14.5. The number of nitrogens with one attached hydrogen (secondary N) is 2. The van der Waals surface area contributed by atoms with Gasteiger partial charge in [0.15, 0.2) is 0 Å². The molecule has 0 saturated carbocycles. The van der Waals surface area contributed by atoms with E-state index < -0.39 is 40.4 Å². The average Bonchev–Trinajstić information content (AvgIpc) is 3.26. The minimum atomic E-state index is -4.84. The van der Waals surface area contributed by atoms with E-state index in [0.29, 0.717) is 0 Å². The first-order chi connectivity index (χ1) is 15.5. The molecule has 1 aromatic heterocycles. The van der Waals surface area contributed by atoms with Gasteiger partial charge in [-0.25, -0.2) is 8.78 Å². The summed E-state index contributed by atoms with van der Waals surface area (Å²) < 4.78 is 69.5. The molecule has 0 aliphatic carbocycles. The number of benzene rings is 2. The maximum absolute atomic E-state index is 14.5. The van der Waals surface area contributed by atoms with Crippen LogP contribution in [0.3, 0.4) is 0 Å². The van der Waals surface area contributed by atoms with Gasteiger partial charge in [-0.1, -0.05) is 28.9 Å². The number of anilines is 3. The van der Waals surface area contributed by atoms with Gasteiger partial charge in [0.25, 0.3) is 10.9 Å². The number of nitrogens with zero attached hydrogens (tertiary/aromatic N) is 2. The van der Waals surface area contributed by atoms with Gasteiger partial charge in [-0.3, -0.25) is 9.59 Å². The van der Waals surface area contributed by atoms with E-state index in [0.717, 1.165) is 18.2 Å². The molecule has 0 fully saturated rings. The Morgan fingerprint density at radius 3 is 2.36 bits per heavy atom. The molecule has 0 amide bonds. The third-order valence-corrected chi connectivity index (χ3v) is 4.85. The molecular weight excluding hydrogens is 475 g/mol. The van der Waals surface area contributed by atoms with Crippen LogP contribution in [0.5, 0.6) is 0 Å². The molecule has 33 heavy (non-hydrogen) atoms. The minimum absolute atomic E-state index is 0.0224. The van der Waals surface area contributed by atoms with Crippen LogP contribution in [0.2, 0.25) is 5.02 Å². The zero-order valence-corrected chi connectivity index (χ0v) is 16.8. The molecule has 0 spiro atoms. The van der Waals surface area contributed by atoms with Crippen LogP contribution >= 0.6 is 11.6 Å². The van der Waals surface area contributed by atoms with Gasteiger partial charge in [-0.2, -0.15) is 18.2 Å². The van der Waals surface area contributed by atoms with Crippen molar-refractivity contribution >= 4 is 28.7 Å². The van der Waals surface area contributed by atoms with Crippen molar-refractivity contribution < 1.29 is 26.5 Å². The van der Waals surface area contributed by atoms with Crippen molar-refractivity contribution in [1.82, 2.24) is 10.1 Å². The van der Waals surface area contributed by atoms with Gasteiger partial charge in [-0.15, -0.1) is 0 Å². The standard InChI is InChI=1S/C20H10ClF5N4O3/c21-11-6-10(22)3-4-13(11)28-15-14(16(31)17(15)32)27-7-9-2-1-8(5-12(9)23)18-29-19(33-30-18)20(24,25)26/h1-6,27-28H,7H2. The van der Waals surface area contributed by atoms with Gasteiger partial charge < -0.3 is 15.2 Å². The smallest absolute Gasteiger partial charge is 0.376 e. The summed E-state index contributed by atoms with van der Waals surface area (Å²) in [4.78, 5) is 27.0. The Balaban J connectivity index is 1.50. The first kappa shape index (κ1) is 22.4. The quantitative estimate of drug-likeness (QED) is 0.304. The number of halogens is 6. The topological polar surface area (TPSA) is 97.1 Å². The van der Waals surface area contributed by atoms with Crippen molar-refractivity contribution in [3.05, 3.63) is 85.0 Å². The Morgan fingerprint density at radius 2 is 1.73 bits per heavy atom. The molecule has 0 saturated heterocycles. The van der Waals surface area contributed by atoms with Crippen molar-refractivity contribution in [1.29, 1.82) is 0 Å². The van der Waals surface area contributed by atoms with E-state index in [1.165, 1.54) is 18.2 Å². The molecule has 0 atom stereocenters. The van der Waals surface area contributed by atoms with Crippen molar-refractivity contribution in [2.24, 2.45) is 0 Å². The Kier molecular flexibility index (Phi) is 5.62. The van der Waals surface area contributed by atoms with Crippen LogP contribution in [-0.2, 0) is 12.7 Å². The summed E-state index contributed by atoms with van der Waals surface area (Å²) >= 11 is 5.90. The SMILES string of the molecule is O=c1c(NCc2ccc(-c3noc(C(F)(F)F)n3)cc2F)c(Nc2ccc(F)cc2Cl)c1=O. The second-order valence-corrected chi connectivity index (χ2v) is 7.15. The predicted molar refractivity (Wildman–Crippen MR) is 108 cm³/mol. The lowest BCUT2D eigenvalue weighted by molar-refractivity contribution is -0.159.